The van der Waals surface area contributed by atoms with Crippen LogP contribution in [0.1, 0.15) is 11.3 Å². The third kappa shape index (κ3) is 5.63. The van der Waals surface area contributed by atoms with Crippen molar-refractivity contribution in [1.29, 1.82) is 0 Å². The summed E-state index contributed by atoms with van der Waals surface area (Å²) in [5.41, 5.74) is 5.64. The van der Waals surface area contributed by atoms with Crippen LogP contribution in [0.3, 0.4) is 0 Å². The number of Topliss-reactive ketones (excluding diaryl/α,β-unsaturated/α-hetero) is 1. The molecule has 0 amide bonds. The molecule has 0 aliphatic heterocycles. The lowest BCUT2D eigenvalue weighted by Crippen LogP contribution is -2.33. The predicted octanol–water partition coefficient (Wildman–Crippen LogP) is 1.28. The van der Waals surface area contributed by atoms with Crippen LogP contribution >= 0.6 is 22.9 Å². The van der Waals surface area contributed by atoms with Crippen molar-refractivity contribution in [2.75, 3.05) is 12.0 Å². The van der Waals surface area contributed by atoms with Crippen molar-refractivity contribution in [2.24, 2.45) is 5.73 Å². The summed E-state index contributed by atoms with van der Waals surface area (Å²) in [5, 5.41) is 0. The van der Waals surface area contributed by atoms with Gasteiger partial charge in [-0.15, -0.1) is 11.3 Å². The van der Waals surface area contributed by atoms with Crippen molar-refractivity contribution in [3.05, 3.63) is 21.3 Å². The van der Waals surface area contributed by atoms with Crippen LogP contribution in [0.25, 0.3) is 0 Å². The number of hydrogen-bond donors (Lipinski definition) is 1. The Hall–Kier alpha value is -0.430. The van der Waals surface area contributed by atoms with Crippen molar-refractivity contribution in [3.63, 3.8) is 0 Å². The summed E-state index contributed by atoms with van der Waals surface area (Å²) >= 11 is 7.07. The van der Waals surface area contributed by atoms with Crippen molar-refractivity contribution < 1.29 is 13.2 Å². The Morgan fingerprint density at radius 1 is 1.53 bits per heavy atom. The maximum atomic E-state index is 11.7. The van der Waals surface area contributed by atoms with E-state index in [1.807, 2.05) is 0 Å². The summed E-state index contributed by atoms with van der Waals surface area (Å²) < 4.78 is 22.5. The Morgan fingerprint density at radius 3 is 2.65 bits per heavy atom. The van der Waals surface area contributed by atoms with Gasteiger partial charge in [-0.25, -0.2) is 8.42 Å². The zero-order valence-corrected chi connectivity index (χ0v) is 11.7. The summed E-state index contributed by atoms with van der Waals surface area (Å²) in [6.45, 7) is 0. The Balaban J connectivity index is 2.47. The van der Waals surface area contributed by atoms with Crippen LogP contribution in [0.5, 0.6) is 0 Å². The van der Waals surface area contributed by atoms with Gasteiger partial charge in [0.05, 0.1) is 16.1 Å². The topological polar surface area (TPSA) is 77.2 Å². The summed E-state index contributed by atoms with van der Waals surface area (Å²) in [7, 11) is -3.07. The second kappa shape index (κ2) is 5.95. The van der Waals surface area contributed by atoms with Crippen molar-refractivity contribution >= 4 is 38.6 Å². The molecule has 96 valence electrons. The van der Waals surface area contributed by atoms with E-state index in [9.17, 15) is 13.2 Å². The molecule has 7 heteroatoms. The van der Waals surface area contributed by atoms with Crippen molar-refractivity contribution in [2.45, 2.75) is 18.9 Å². The third-order valence-electron chi connectivity index (χ3n) is 2.19. The first-order valence-electron chi connectivity index (χ1n) is 4.98. The molecule has 0 spiro atoms. The smallest absolute Gasteiger partial charge is 0.154 e. The van der Waals surface area contributed by atoms with E-state index in [0.717, 1.165) is 11.1 Å². The molecule has 1 heterocycles. The Morgan fingerprint density at radius 2 is 2.18 bits per heavy atom. The van der Waals surface area contributed by atoms with Gasteiger partial charge in [0.15, 0.2) is 5.78 Å². The number of ketones is 1. The molecule has 0 saturated carbocycles. The number of nitrogens with two attached hydrogens (primary N) is 1. The van der Waals surface area contributed by atoms with Gasteiger partial charge in [0.25, 0.3) is 0 Å². The zero-order valence-electron chi connectivity index (χ0n) is 9.35. The summed E-state index contributed by atoms with van der Waals surface area (Å²) in [6, 6.07) is 2.76. The molecule has 1 unspecified atom stereocenters. The van der Waals surface area contributed by atoms with Gasteiger partial charge in [-0.05, 0) is 18.6 Å². The average Bonchev–Trinajstić information content (AvgIpc) is 2.59. The number of thiophene rings is 1. The highest BCUT2D eigenvalue weighted by Gasteiger charge is 2.17. The highest BCUT2D eigenvalue weighted by molar-refractivity contribution is 7.90. The molecule has 0 aromatic carbocycles. The lowest BCUT2D eigenvalue weighted by Gasteiger charge is -2.08. The lowest BCUT2D eigenvalue weighted by atomic mass is 10.1. The van der Waals surface area contributed by atoms with Crippen LogP contribution in [0.15, 0.2) is 12.1 Å². The minimum Gasteiger partial charge on any atom is -0.321 e. The summed E-state index contributed by atoms with van der Waals surface area (Å²) in [5.74, 6) is -0.224. The van der Waals surface area contributed by atoms with Crippen LogP contribution in [0.2, 0.25) is 4.34 Å². The van der Waals surface area contributed by atoms with Crippen LogP contribution < -0.4 is 5.73 Å². The van der Waals surface area contributed by atoms with E-state index in [1.54, 1.807) is 12.1 Å². The molecule has 17 heavy (non-hydrogen) atoms. The second-order valence-corrected chi connectivity index (χ2v) is 7.93. The van der Waals surface area contributed by atoms with E-state index in [4.69, 9.17) is 17.3 Å². The van der Waals surface area contributed by atoms with Gasteiger partial charge in [0, 0.05) is 17.6 Å². The lowest BCUT2D eigenvalue weighted by molar-refractivity contribution is -0.119. The zero-order chi connectivity index (χ0) is 13.1. The third-order valence-corrected chi connectivity index (χ3v) is 4.40. The van der Waals surface area contributed by atoms with Gasteiger partial charge in [-0.3, -0.25) is 4.79 Å². The number of halogens is 1. The molecule has 1 aromatic heterocycles. The molecule has 0 bridgehead atoms. The van der Waals surface area contributed by atoms with E-state index in [1.165, 1.54) is 11.3 Å². The van der Waals surface area contributed by atoms with E-state index < -0.39 is 15.9 Å². The fourth-order valence-corrected chi connectivity index (χ4v) is 3.03. The molecule has 1 rings (SSSR count). The first kappa shape index (κ1) is 14.6. The minimum absolute atomic E-state index is 0.0644. The standard InChI is InChI=1S/C10H14ClNO3S2/c1-17(14,15)5-4-8(12)9(13)6-7-2-3-10(11)16-7/h2-3,8H,4-6,12H2,1H3. The van der Waals surface area contributed by atoms with Crippen LogP contribution in [-0.4, -0.2) is 32.3 Å². The quantitative estimate of drug-likeness (QED) is 0.857. The van der Waals surface area contributed by atoms with Gasteiger partial charge in [-0.1, -0.05) is 11.6 Å². The molecule has 4 nitrogen and oxygen atoms in total. The van der Waals surface area contributed by atoms with Crippen LogP contribution in [0.4, 0.5) is 0 Å². The number of hydrogen-bond acceptors (Lipinski definition) is 5. The van der Waals surface area contributed by atoms with Gasteiger partial charge < -0.3 is 5.73 Å². The summed E-state index contributed by atoms with van der Waals surface area (Å²) in [6.07, 6.45) is 1.50. The first-order chi connectivity index (χ1) is 7.78. The molecule has 0 radical (unpaired) electrons. The molecule has 0 aliphatic rings. The number of carbonyl (C=O) groups is 1. The predicted molar refractivity (Wildman–Crippen MR) is 70.3 cm³/mol. The van der Waals surface area contributed by atoms with E-state index in [0.29, 0.717) is 4.34 Å². The number of sulfone groups is 1. The molecule has 0 aliphatic carbocycles. The molecule has 1 atom stereocenters. The monoisotopic (exact) mass is 295 g/mol. The average molecular weight is 296 g/mol. The summed E-state index contributed by atoms with van der Waals surface area (Å²) in [4.78, 5) is 12.5. The van der Waals surface area contributed by atoms with Gasteiger partial charge in [0.1, 0.15) is 9.84 Å². The largest absolute Gasteiger partial charge is 0.321 e. The van der Waals surface area contributed by atoms with E-state index in [2.05, 4.69) is 0 Å². The fraction of sp³-hybridized carbons (Fsp3) is 0.500. The van der Waals surface area contributed by atoms with Crippen LogP contribution in [-0.2, 0) is 21.1 Å². The van der Waals surface area contributed by atoms with E-state index in [-0.39, 0.29) is 24.4 Å². The van der Waals surface area contributed by atoms with Crippen molar-refractivity contribution in [1.82, 2.24) is 0 Å². The maximum absolute atomic E-state index is 11.7. The number of carbonyl (C=O) groups excluding carboxylic acids is 1. The highest BCUT2D eigenvalue weighted by atomic mass is 35.5. The van der Waals surface area contributed by atoms with Gasteiger partial charge in [-0.2, -0.15) is 0 Å². The molecular formula is C10H14ClNO3S2. The normalized spacial score (nSPS) is 13.6. The molecule has 1 aromatic rings. The molecular weight excluding hydrogens is 282 g/mol. The SMILES string of the molecule is CS(=O)(=O)CCC(N)C(=O)Cc1ccc(Cl)s1. The van der Waals surface area contributed by atoms with Crippen LogP contribution in [0, 0.1) is 0 Å². The highest BCUT2D eigenvalue weighted by Crippen LogP contribution is 2.22. The fourth-order valence-electron chi connectivity index (χ4n) is 1.25. The maximum Gasteiger partial charge on any atom is 0.154 e. The van der Waals surface area contributed by atoms with Gasteiger partial charge in [0.2, 0.25) is 0 Å². The number of rotatable bonds is 6. The first-order valence-corrected chi connectivity index (χ1v) is 8.23. The molecule has 0 fully saturated rings. The Labute approximate surface area is 110 Å². The van der Waals surface area contributed by atoms with Crippen molar-refractivity contribution in [3.8, 4) is 0 Å². The Bertz CT molecular complexity index is 495. The Kier molecular flexibility index (Phi) is 5.12. The minimum atomic E-state index is -3.07. The molecule has 0 saturated heterocycles. The van der Waals surface area contributed by atoms with E-state index >= 15 is 0 Å². The van der Waals surface area contributed by atoms with Gasteiger partial charge >= 0.3 is 0 Å². The second-order valence-electron chi connectivity index (χ2n) is 3.87. The molecule has 2 N–H and O–H groups in total.